The average molecular weight is 176 g/mol. The lowest BCUT2D eigenvalue weighted by Crippen LogP contribution is -1.86. The Morgan fingerprint density at radius 1 is 1.46 bits per heavy atom. The van der Waals surface area contributed by atoms with Crippen molar-refractivity contribution < 1.29 is 9.90 Å². The number of benzene rings is 1. The molecular weight excluding hydrogens is 164 g/mol. The van der Waals surface area contributed by atoms with Crippen LogP contribution in [0.5, 0.6) is 5.75 Å². The zero-order valence-electron chi connectivity index (χ0n) is 7.53. The summed E-state index contributed by atoms with van der Waals surface area (Å²) >= 11 is 0. The minimum absolute atomic E-state index is 0.0410. The van der Waals surface area contributed by atoms with Gasteiger partial charge in [0, 0.05) is 0 Å². The number of aromatic hydroxyl groups is 1. The quantitative estimate of drug-likeness (QED) is 0.567. The van der Waals surface area contributed by atoms with E-state index in [4.69, 9.17) is 0 Å². The first-order chi connectivity index (χ1) is 6.27. The highest BCUT2D eigenvalue weighted by Gasteiger charge is 1.99. The van der Waals surface area contributed by atoms with Crippen molar-refractivity contribution >= 4 is 6.29 Å². The molecular formula is C11H12O2. The van der Waals surface area contributed by atoms with E-state index in [-0.39, 0.29) is 5.75 Å². The van der Waals surface area contributed by atoms with Crippen molar-refractivity contribution in [1.82, 2.24) is 0 Å². The van der Waals surface area contributed by atoms with Crippen LogP contribution >= 0.6 is 0 Å². The number of hydrogen-bond acceptors (Lipinski definition) is 2. The molecule has 0 aliphatic carbocycles. The normalized spacial score (nSPS) is 10.5. The Bertz CT molecular complexity index is 327. The Kier molecular flexibility index (Phi) is 3.26. The number of hydrogen-bond donors (Lipinski definition) is 1. The molecule has 0 aliphatic rings. The van der Waals surface area contributed by atoms with Crippen LogP contribution in [0.3, 0.4) is 0 Å². The van der Waals surface area contributed by atoms with Crippen molar-refractivity contribution in [1.29, 1.82) is 0 Å². The molecule has 2 nitrogen and oxygen atoms in total. The number of carbonyl (C=O) groups excluding carboxylic acids is 1. The fraction of sp³-hybridized carbons (Fsp3) is 0.182. The highest BCUT2D eigenvalue weighted by Crippen LogP contribution is 2.16. The molecule has 0 spiro atoms. The minimum atomic E-state index is 0.0410. The number of phenols is 1. The predicted octanol–water partition coefficient (Wildman–Crippen LogP) is 2.32. The van der Waals surface area contributed by atoms with E-state index in [9.17, 15) is 9.90 Å². The molecule has 0 saturated carbocycles. The highest BCUT2D eigenvalue weighted by atomic mass is 16.3. The van der Waals surface area contributed by atoms with Crippen LogP contribution in [-0.2, 0) is 6.42 Å². The molecule has 0 radical (unpaired) electrons. The van der Waals surface area contributed by atoms with Crippen LogP contribution in [0, 0.1) is 0 Å². The third-order valence-corrected chi connectivity index (χ3v) is 1.81. The van der Waals surface area contributed by atoms with Gasteiger partial charge in [-0.1, -0.05) is 18.2 Å². The van der Waals surface area contributed by atoms with E-state index in [0.29, 0.717) is 11.8 Å². The second-order valence-electron chi connectivity index (χ2n) is 2.78. The molecule has 13 heavy (non-hydrogen) atoms. The standard InChI is InChI=1S/C11H12O2/c1-2-3-4-9-5-6-11(13)10(7-9)8-12/h2-3,5-8,13H,4H2,1H3. The lowest BCUT2D eigenvalue weighted by molar-refractivity contribution is 0.112. The second-order valence-corrected chi connectivity index (χ2v) is 2.78. The van der Waals surface area contributed by atoms with Gasteiger partial charge in [-0.25, -0.2) is 0 Å². The largest absolute Gasteiger partial charge is 0.507 e. The Morgan fingerprint density at radius 3 is 2.85 bits per heavy atom. The summed E-state index contributed by atoms with van der Waals surface area (Å²) in [5, 5.41) is 9.21. The zero-order chi connectivity index (χ0) is 9.68. The van der Waals surface area contributed by atoms with Crippen LogP contribution in [0.4, 0.5) is 0 Å². The monoisotopic (exact) mass is 176 g/mol. The van der Waals surface area contributed by atoms with Gasteiger partial charge in [-0.2, -0.15) is 0 Å². The predicted molar refractivity (Wildman–Crippen MR) is 52.0 cm³/mol. The highest BCUT2D eigenvalue weighted by molar-refractivity contribution is 5.79. The van der Waals surface area contributed by atoms with Gasteiger partial charge in [-0.15, -0.1) is 0 Å². The Labute approximate surface area is 77.5 Å². The van der Waals surface area contributed by atoms with Crippen LogP contribution in [0.15, 0.2) is 30.4 Å². The number of carbonyl (C=O) groups is 1. The first-order valence-corrected chi connectivity index (χ1v) is 4.16. The molecule has 0 unspecified atom stereocenters. The summed E-state index contributed by atoms with van der Waals surface area (Å²) in [5.41, 5.74) is 1.38. The number of rotatable bonds is 3. The first-order valence-electron chi connectivity index (χ1n) is 4.16. The maximum atomic E-state index is 10.5. The van der Waals surface area contributed by atoms with E-state index >= 15 is 0 Å². The molecule has 2 heteroatoms. The molecule has 1 aromatic carbocycles. The van der Waals surface area contributed by atoms with E-state index in [1.165, 1.54) is 0 Å². The molecule has 0 bridgehead atoms. The lowest BCUT2D eigenvalue weighted by Gasteiger charge is -2.00. The van der Waals surface area contributed by atoms with Gasteiger partial charge < -0.3 is 5.11 Å². The maximum Gasteiger partial charge on any atom is 0.153 e. The summed E-state index contributed by atoms with van der Waals surface area (Å²) in [6.07, 6.45) is 5.40. The van der Waals surface area contributed by atoms with Gasteiger partial charge in [0.2, 0.25) is 0 Å². The van der Waals surface area contributed by atoms with Crippen LogP contribution < -0.4 is 0 Å². The summed E-state index contributed by atoms with van der Waals surface area (Å²) < 4.78 is 0. The summed E-state index contributed by atoms with van der Waals surface area (Å²) in [5.74, 6) is 0.0410. The Hall–Kier alpha value is -1.57. The van der Waals surface area contributed by atoms with Gasteiger partial charge in [0.15, 0.2) is 6.29 Å². The van der Waals surface area contributed by atoms with Crippen LogP contribution in [-0.4, -0.2) is 11.4 Å². The fourth-order valence-electron chi connectivity index (χ4n) is 1.08. The van der Waals surface area contributed by atoms with Crippen LogP contribution in [0.2, 0.25) is 0 Å². The average Bonchev–Trinajstić information content (AvgIpc) is 2.16. The molecule has 0 aromatic heterocycles. The summed E-state index contributed by atoms with van der Waals surface area (Å²) in [7, 11) is 0. The third kappa shape index (κ3) is 2.44. The number of phenolic OH excluding ortho intramolecular Hbond substituents is 1. The van der Waals surface area contributed by atoms with Gasteiger partial charge in [0.25, 0.3) is 0 Å². The Balaban J connectivity index is 2.92. The summed E-state index contributed by atoms with van der Waals surface area (Å²) in [4.78, 5) is 10.5. The molecule has 1 aromatic rings. The van der Waals surface area contributed by atoms with Crippen molar-refractivity contribution in [3.8, 4) is 5.75 Å². The number of allylic oxidation sites excluding steroid dienone is 2. The van der Waals surface area contributed by atoms with Gasteiger partial charge in [0.1, 0.15) is 5.75 Å². The molecule has 0 fully saturated rings. The van der Waals surface area contributed by atoms with E-state index in [1.807, 2.05) is 25.1 Å². The van der Waals surface area contributed by atoms with Crippen molar-refractivity contribution in [3.05, 3.63) is 41.5 Å². The van der Waals surface area contributed by atoms with Gasteiger partial charge in [-0.3, -0.25) is 4.79 Å². The van der Waals surface area contributed by atoms with Crippen molar-refractivity contribution in [2.45, 2.75) is 13.3 Å². The van der Waals surface area contributed by atoms with E-state index in [2.05, 4.69) is 0 Å². The van der Waals surface area contributed by atoms with Crippen molar-refractivity contribution in [3.63, 3.8) is 0 Å². The van der Waals surface area contributed by atoms with E-state index in [1.54, 1.807) is 12.1 Å². The molecule has 0 atom stereocenters. The lowest BCUT2D eigenvalue weighted by atomic mass is 10.1. The second kappa shape index (κ2) is 4.45. The summed E-state index contributed by atoms with van der Waals surface area (Å²) in [6.45, 7) is 1.95. The molecule has 1 rings (SSSR count). The molecule has 0 heterocycles. The fourth-order valence-corrected chi connectivity index (χ4v) is 1.08. The van der Waals surface area contributed by atoms with Crippen LogP contribution in [0.25, 0.3) is 0 Å². The molecule has 1 N–H and O–H groups in total. The smallest absolute Gasteiger partial charge is 0.153 e. The van der Waals surface area contributed by atoms with Crippen LogP contribution in [0.1, 0.15) is 22.8 Å². The number of aldehydes is 1. The van der Waals surface area contributed by atoms with Gasteiger partial charge >= 0.3 is 0 Å². The Morgan fingerprint density at radius 2 is 2.23 bits per heavy atom. The van der Waals surface area contributed by atoms with Crippen molar-refractivity contribution in [2.24, 2.45) is 0 Å². The van der Waals surface area contributed by atoms with E-state index in [0.717, 1.165) is 12.0 Å². The zero-order valence-corrected chi connectivity index (χ0v) is 7.53. The van der Waals surface area contributed by atoms with Gasteiger partial charge in [-0.05, 0) is 31.0 Å². The molecule has 0 saturated heterocycles. The molecule has 68 valence electrons. The minimum Gasteiger partial charge on any atom is -0.507 e. The first kappa shape index (κ1) is 9.52. The van der Waals surface area contributed by atoms with E-state index < -0.39 is 0 Å². The van der Waals surface area contributed by atoms with Crippen molar-refractivity contribution in [2.75, 3.05) is 0 Å². The molecule has 0 aliphatic heterocycles. The maximum absolute atomic E-state index is 10.5. The topological polar surface area (TPSA) is 37.3 Å². The molecule has 0 amide bonds. The SMILES string of the molecule is CC=CCc1ccc(O)c(C=O)c1. The summed E-state index contributed by atoms with van der Waals surface area (Å²) in [6, 6.07) is 5.05. The third-order valence-electron chi connectivity index (χ3n) is 1.81. The van der Waals surface area contributed by atoms with Gasteiger partial charge in [0.05, 0.1) is 5.56 Å².